The average Bonchev–Trinajstić information content (AvgIpc) is 2.48. The van der Waals surface area contributed by atoms with Crippen LogP contribution in [-0.2, 0) is 19.1 Å². The molecule has 0 aromatic carbocycles. The van der Waals surface area contributed by atoms with Crippen molar-refractivity contribution in [3.05, 3.63) is 12.7 Å². The van der Waals surface area contributed by atoms with Gasteiger partial charge in [-0.25, -0.2) is 9.59 Å². The number of carbonyl (C=O) groups excluding carboxylic acids is 3. The normalized spacial score (nSPS) is 12.0. The van der Waals surface area contributed by atoms with Gasteiger partial charge in [-0.05, 0) is 20.1 Å². The first-order valence-corrected chi connectivity index (χ1v) is 8.64. The van der Waals surface area contributed by atoms with E-state index in [-0.39, 0.29) is 25.7 Å². The Morgan fingerprint density at radius 2 is 1.96 bits per heavy atom. The van der Waals surface area contributed by atoms with E-state index in [1.165, 1.54) is 0 Å². The molecule has 0 spiro atoms. The van der Waals surface area contributed by atoms with Gasteiger partial charge < -0.3 is 20.1 Å². The Morgan fingerprint density at radius 3 is 2.52 bits per heavy atom. The second-order valence-electron chi connectivity index (χ2n) is 5.52. The van der Waals surface area contributed by atoms with E-state index in [1.807, 2.05) is 20.1 Å². The highest BCUT2D eigenvalue weighted by molar-refractivity contribution is 7.98. The van der Waals surface area contributed by atoms with Gasteiger partial charge in [-0.1, -0.05) is 13.5 Å². The molecule has 7 nitrogen and oxygen atoms in total. The van der Waals surface area contributed by atoms with Crippen LogP contribution in [0, 0.1) is 5.92 Å². The first-order valence-electron chi connectivity index (χ1n) is 7.24. The van der Waals surface area contributed by atoms with Gasteiger partial charge in [0.25, 0.3) is 0 Å². The molecule has 2 amide bonds. The zero-order valence-corrected chi connectivity index (χ0v) is 15.0. The Bertz CT molecular complexity index is 426. The maximum atomic E-state index is 11.9. The van der Waals surface area contributed by atoms with Crippen molar-refractivity contribution in [3.63, 3.8) is 0 Å². The van der Waals surface area contributed by atoms with E-state index in [1.54, 1.807) is 18.7 Å². The molecule has 0 saturated heterocycles. The molecule has 1 atom stereocenters. The van der Waals surface area contributed by atoms with Crippen molar-refractivity contribution in [1.29, 1.82) is 0 Å². The Kier molecular flexibility index (Phi) is 10.1. The molecule has 0 saturated carbocycles. The summed E-state index contributed by atoms with van der Waals surface area (Å²) in [5.74, 6) is -0.663. The number of carbonyl (C=O) groups is 3. The van der Waals surface area contributed by atoms with Crippen molar-refractivity contribution < 1.29 is 23.9 Å². The number of rotatable bonds is 10. The van der Waals surface area contributed by atoms with E-state index in [9.17, 15) is 14.4 Å². The fourth-order valence-corrected chi connectivity index (χ4v) is 2.27. The highest BCUT2D eigenvalue weighted by Crippen LogP contribution is 2.17. The second-order valence-corrected chi connectivity index (χ2v) is 6.39. The number of urea groups is 1. The molecule has 1 unspecified atom stereocenters. The van der Waals surface area contributed by atoms with Crippen LogP contribution >= 0.6 is 11.8 Å². The summed E-state index contributed by atoms with van der Waals surface area (Å²) < 4.78 is 10.1. The zero-order valence-electron chi connectivity index (χ0n) is 14.1. The molecule has 0 radical (unpaired) electrons. The topological polar surface area (TPSA) is 93.7 Å². The maximum Gasteiger partial charge on any atom is 0.330 e. The standard InChI is InChI=1S/C15H26N2O5S/c1-6-12(18)21-8-7-16-14(20)17-9-11(2)13(19)22-15(3,4)10-23-5/h6,11H,1,7-10H2,2-5H3,(H2,16,17,20). The zero-order chi connectivity index (χ0) is 17.9. The van der Waals surface area contributed by atoms with Crippen LogP contribution in [0.3, 0.4) is 0 Å². The summed E-state index contributed by atoms with van der Waals surface area (Å²) in [6.07, 6.45) is 2.99. The summed E-state index contributed by atoms with van der Waals surface area (Å²) >= 11 is 1.60. The quantitative estimate of drug-likeness (QED) is 0.352. The summed E-state index contributed by atoms with van der Waals surface area (Å²) in [4.78, 5) is 34.3. The van der Waals surface area contributed by atoms with Gasteiger partial charge in [0, 0.05) is 18.4 Å². The number of hydrogen-bond acceptors (Lipinski definition) is 6. The average molecular weight is 346 g/mol. The van der Waals surface area contributed by atoms with Gasteiger partial charge in [0.2, 0.25) is 0 Å². The lowest BCUT2D eigenvalue weighted by molar-refractivity contribution is -0.158. The third kappa shape index (κ3) is 10.6. The van der Waals surface area contributed by atoms with Crippen LogP contribution in [0.5, 0.6) is 0 Å². The van der Waals surface area contributed by atoms with Crippen LogP contribution < -0.4 is 10.6 Å². The van der Waals surface area contributed by atoms with Crippen LogP contribution in [-0.4, -0.2) is 55.3 Å². The Hall–Kier alpha value is -1.70. The molecule has 132 valence electrons. The van der Waals surface area contributed by atoms with Crippen molar-refractivity contribution in [1.82, 2.24) is 10.6 Å². The lowest BCUT2D eigenvalue weighted by Crippen LogP contribution is -2.42. The molecule has 0 aliphatic carbocycles. The molecule has 23 heavy (non-hydrogen) atoms. The summed E-state index contributed by atoms with van der Waals surface area (Å²) in [6, 6.07) is -0.442. The lowest BCUT2D eigenvalue weighted by atomic mass is 10.1. The molecule has 0 aromatic heterocycles. The third-order valence-electron chi connectivity index (χ3n) is 2.64. The van der Waals surface area contributed by atoms with Gasteiger partial charge in [-0.3, -0.25) is 4.79 Å². The van der Waals surface area contributed by atoms with Gasteiger partial charge >= 0.3 is 18.0 Å². The molecule has 0 rings (SSSR count). The van der Waals surface area contributed by atoms with Crippen LogP contribution in [0.15, 0.2) is 12.7 Å². The first-order chi connectivity index (χ1) is 10.7. The Labute approximate surface area is 141 Å². The highest BCUT2D eigenvalue weighted by atomic mass is 32.2. The first kappa shape index (κ1) is 21.3. The van der Waals surface area contributed by atoms with Gasteiger partial charge in [-0.15, -0.1) is 0 Å². The van der Waals surface area contributed by atoms with E-state index >= 15 is 0 Å². The van der Waals surface area contributed by atoms with E-state index in [2.05, 4.69) is 17.2 Å². The van der Waals surface area contributed by atoms with Crippen LogP contribution in [0.2, 0.25) is 0 Å². The van der Waals surface area contributed by atoms with Crippen LogP contribution in [0.25, 0.3) is 0 Å². The molecular formula is C15H26N2O5S. The van der Waals surface area contributed by atoms with Gasteiger partial charge in [0.15, 0.2) is 0 Å². The van der Waals surface area contributed by atoms with Crippen molar-refractivity contribution >= 4 is 29.7 Å². The predicted octanol–water partition coefficient (Wildman–Crippen LogP) is 1.34. The van der Waals surface area contributed by atoms with Gasteiger partial charge in [-0.2, -0.15) is 11.8 Å². The number of thioether (sulfide) groups is 1. The number of nitrogens with one attached hydrogen (secondary N) is 2. The molecule has 8 heteroatoms. The summed E-state index contributed by atoms with van der Waals surface area (Å²) in [6.45, 7) is 9.02. The minimum Gasteiger partial charge on any atom is -0.461 e. The van der Waals surface area contributed by atoms with Crippen LogP contribution in [0.1, 0.15) is 20.8 Å². The summed E-state index contributed by atoms with van der Waals surface area (Å²) in [7, 11) is 0. The Morgan fingerprint density at radius 1 is 1.30 bits per heavy atom. The van der Waals surface area contributed by atoms with E-state index in [4.69, 9.17) is 9.47 Å². The monoisotopic (exact) mass is 346 g/mol. The van der Waals surface area contributed by atoms with E-state index in [0.717, 1.165) is 6.08 Å². The lowest BCUT2D eigenvalue weighted by Gasteiger charge is -2.26. The number of ether oxygens (including phenoxy) is 2. The minimum atomic E-state index is -0.545. The molecule has 0 fully saturated rings. The summed E-state index contributed by atoms with van der Waals surface area (Å²) in [5, 5.41) is 5.07. The highest BCUT2D eigenvalue weighted by Gasteiger charge is 2.25. The second kappa shape index (κ2) is 10.9. The molecule has 0 bridgehead atoms. The largest absolute Gasteiger partial charge is 0.461 e. The number of esters is 2. The summed E-state index contributed by atoms with van der Waals surface area (Å²) in [5.41, 5.74) is -0.540. The number of hydrogen-bond donors (Lipinski definition) is 2. The SMILES string of the molecule is C=CC(=O)OCCNC(=O)NCC(C)C(=O)OC(C)(C)CSC. The molecule has 0 aliphatic heterocycles. The van der Waals surface area contributed by atoms with Crippen molar-refractivity contribution in [2.24, 2.45) is 5.92 Å². The minimum absolute atomic E-state index is 0.0543. The smallest absolute Gasteiger partial charge is 0.330 e. The molecule has 2 N–H and O–H groups in total. The molecule has 0 aliphatic rings. The Balaban J connectivity index is 3.96. The van der Waals surface area contributed by atoms with Gasteiger partial charge in [0.05, 0.1) is 12.5 Å². The predicted molar refractivity (Wildman–Crippen MR) is 90.3 cm³/mol. The molecule has 0 heterocycles. The molecular weight excluding hydrogens is 320 g/mol. The number of amides is 2. The van der Waals surface area contributed by atoms with E-state index in [0.29, 0.717) is 5.75 Å². The van der Waals surface area contributed by atoms with E-state index < -0.39 is 23.5 Å². The third-order valence-corrected chi connectivity index (χ3v) is 3.62. The van der Waals surface area contributed by atoms with Crippen molar-refractivity contribution in [2.45, 2.75) is 26.4 Å². The fourth-order valence-electron chi connectivity index (χ4n) is 1.52. The maximum absolute atomic E-state index is 11.9. The van der Waals surface area contributed by atoms with Crippen molar-refractivity contribution in [3.8, 4) is 0 Å². The molecule has 0 aromatic rings. The van der Waals surface area contributed by atoms with Crippen molar-refractivity contribution in [2.75, 3.05) is 31.7 Å². The van der Waals surface area contributed by atoms with Gasteiger partial charge in [0.1, 0.15) is 12.2 Å². The fraction of sp³-hybridized carbons (Fsp3) is 0.667. The van der Waals surface area contributed by atoms with Crippen LogP contribution in [0.4, 0.5) is 4.79 Å².